The standard InChI is InChI=1S/C13H26O3/c1-2-3-4-5-6-7-8-9-10-16-12-13(15)11-14/h8-9,13-15H,2-7,10-12H2,1H3/b9-8+. The molecule has 1 unspecified atom stereocenters. The van der Waals surface area contributed by atoms with Crippen LogP contribution in [0.15, 0.2) is 12.2 Å². The lowest BCUT2D eigenvalue weighted by Crippen LogP contribution is -2.19. The predicted molar refractivity (Wildman–Crippen MR) is 66.4 cm³/mol. The number of aliphatic hydroxyl groups excluding tert-OH is 2. The first-order valence-corrected chi connectivity index (χ1v) is 6.33. The zero-order chi connectivity index (χ0) is 12.1. The van der Waals surface area contributed by atoms with Crippen LogP contribution in [-0.4, -0.2) is 36.1 Å². The number of unbranched alkanes of at least 4 members (excludes halogenated alkanes) is 5. The number of allylic oxidation sites excluding steroid dienone is 1. The van der Waals surface area contributed by atoms with Gasteiger partial charge in [0.2, 0.25) is 0 Å². The predicted octanol–water partition coefficient (Wildman–Crippen LogP) is 2.27. The molecule has 0 radical (unpaired) electrons. The van der Waals surface area contributed by atoms with Crippen molar-refractivity contribution in [3.63, 3.8) is 0 Å². The van der Waals surface area contributed by atoms with Crippen LogP contribution < -0.4 is 0 Å². The summed E-state index contributed by atoms with van der Waals surface area (Å²) in [6, 6.07) is 0. The Kier molecular flexibility index (Phi) is 12.4. The molecule has 0 rings (SSSR count). The maximum atomic E-state index is 8.98. The Morgan fingerprint density at radius 3 is 2.56 bits per heavy atom. The van der Waals surface area contributed by atoms with Gasteiger partial charge in [-0.25, -0.2) is 0 Å². The molecule has 2 N–H and O–H groups in total. The number of hydrogen-bond acceptors (Lipinski definition) is 3. The number of rotatable bonds is 11. The van der Waals surface area contributed by atoms with Crippen LogP contribution in [0, 0.1) is 0 Å². The summed E-state index contributed by atoms with van der Waals surface area (Å²) < 4.78 is 5.13. The number of ether oxygens (including phenoxy) is 1. The topological polar surface area (TPSA) is 49.7 Å². The molecule has 0 saturated heterocycles. The third-order valence-electron chi connectivity index (χ3n) is 2.38. The van der Waals surface area contributed by atoms with E-state index in [2.05, 4.69) is 13.0 Å². The van der Waals surface area contributed by atoms with E-state index in [-0.39, 0.29) is 13.2 Å². The van der Waals surface area contributed by atoms with Gasteiger partial charge < -0.3 is 14.9 Å². The van der Waals surface area contributed by atoms with E-state index in [0.717, 1.165) is 6.42 Å². The van der Waals surface area contributed by atoms with Gasteiger partial charge in [-0.2, -0.15) is 0 Å². The van der Waals surface area contributed by atoms with Gasteiger partial charge in [0, 0.05) is 0 Å². The van der Waals surface area contributed by atoms with Crippen LogP contribution in [0.5, 0.6) is 0 Å². The lowest BCUT2D eigenvalue weighted by Gasteiger charge is -2.05. The Morgan fingerprint density at radius 1 is 1.12 bits per heavy atom. The fourth-order valence-electron chi connectivity index (χ4n) is 1.38. The molecule has 0 aliphatic carbocycles. The van der Waals surface area contributed by atoms with E-state index in [1.54, 1.807) is 0 Å². The van der Waals surface area contributed by atoms with Gasteiger partial charge in [0.25, 0.3) is 0 Å². The summed E-state index contributed by atoms with van der Waals surface area (Å²) >= 11 is 0. The molecule has 0 aromatic rings. The van der Waals surface area contributed by atoms with Crippen LogP contribution in [0.2, 0.25) is 0 Å². The van der Waals surface area contributed by atoms with Crippen molar-refractivity contribution in [3.05, 3.63) is 12.2 Å². The SMILES string of the molecule is CCCCCCC/C=C/COCC(O)CO. The van der Waals surface area contributed by atoms with E-state index < -0.39 is 6.10 Å². The Morgan fingerprint density at radius 2 is 1.88 bits per heavy atom. The molecule has 0 aromatic heterocycles. The van der Waals surface area contributed by atoms with Crippen molar-refractivity contribution in [3.8, 4) is 0 Å². The summed E-state index contributed by atoms with van der Waals surface area (Å²) in [4.78, 5) is 0. The molecule has 3 heteroatoms. The Balaban J connectivity index is 3.10. The fraction of sp³-hybridized carbons (Fsp3) is 0.846. The van der Waals surface area contributed by atoms with E-state index >= 15 is 0 Å². The molecule has 0 fully saturated rings. The molecule has 0 amide bonds. The van der Waals surface area contributed by atoms with E-state index in [1.807, 2.05) is 6.08 Å². The Bertz CT molecular complexity index is 157. The molecule has 0 aromatic carbocycles. The Hall–Kier alpha value is -0.380. The lowest BCUT2D eigenvalue weighted by atomic mass is 10.1. The van der Waals surface area contributed by atoms with Crippen molar-refractivity contribution in [2.24, 2.45) is 0 Å². The van der Waals surface area contributed by atoms with E-state index in [0.29, 0.717) is 6.61 Å². The molecule has 0 heterocycles. The summed E-state index contributed by atoms with van der Waals surface area (Å²) in [5.74, 6) is 0. The Labute approximate surface area is 99.1 Å². The van der Waals surface area contributed by atoms with Gasteiger partial charge in [0.15, 0.2) is 0 Å². The molecule has 0 saturated carbocycles. The maximum absolute atomic E-state index is 8.98. The molecular formula is C13H26O3. The average Bonchev–Trinajstić information content (AvgIpc) is 2.31. The average molecular weight is 230 g/mol. The first kappa shape index (κ1) is 15.6. The minimum atomic E-state index is -0.748. The highest BCUT2D eigenvalue weighted by molar-refractivity contribution is 4.81. The highest BCUT2D eigenvalue weighted by Gasteiger charge is 1.99. The minimum absolute atomic E-state index is 0.206. The molecule has 0 bridgehead atoms. The van der Waals surface area contributed by atoms with Gasteiger partial charge in [0.05, 0.1) is 19.8 Å². The normalized spacial score (nSPS) is 13.4. The van der Waals surface area contributed by atoms with Crippen molar-refractivity contribution < 1.29 is 14.9 Å². The number of hydrogen-bond donors (Lipinski definition) is 2. The molecular weight excluding hydrogens is 204 g/mol. The van der Waals surface area contributed by atoms with Crippen molar-refractivity contribution >= 4 is 0 Å². The monoisotopic (exact) mass is 230 g/mol. The molecule has 0 aliphatic rings. The highest BCUT2D eigenvalue weighted by Crippen LogP contribution is 2.05. The molecule has 16 heavy (non-hydrogen) atoms. The van der Waals surface area contributed by atoms with Gasteiger partial charge in [0.1, 0.15) is 6.10 Å². The van der Waals surface area contributed by atoms with Crippen LogP contribution in [0.25, 0.3) is 0 Å². The van der Waals surface area contributed by atoms with Crippen LogP contribution >= 0.6 is 0 Å². The highest BCUT2D eigenvalue weighted by atomic mass is 16.5. The largest absolute Gasteiger partial charge is 0.394 e. The molecule has 3 nitrogen and oxygen atoms in total. The maximum Gasteiger partial charge on any atom is 0.100 e. The quantitative estimate of drug-likeness (QED) is 0.423. The smallest absolute Gasteiger partial charge is 0.100 e. The zero-order valence-electron chi connectivity index (χ0n) is 10.4. The third-order valence-corrected chi connectivity index (χ3v) is 2.38. The van der Waals surface area contributed by atoms with Gasteiger partial charge >= 0.3 is 0 Å². The van der Waals surface area contributed by atoms with Gasteiger partial charge in [-0.3, -0.25) is 0 Å². The molecule has 1 atom stereocenters. The second kappa shape index (κ2) is 12.7. The number of aliphatic hydroxyl groups is 2. The van der Waals surface area contributed by atoms with Crippen molar-refractivity contribution in [2.45, 2.75) is 51.6 Å². The van der Waals surface area contributed by atoms with Gasteiger partial charge in [-0.1, -0.05) is 44.8 Å². The summed E-state index contributed by atoms with van der Waals surface area (Å²) in [7, 11) is 0. The van der Waals surface area contributed by atoms with Crippen LogP contribution in [0.3, 0.4) is 0 Å². The second-order valence-corrected chi connectivity index (χ2v) is 4.05. The van der Waals surface area contributed by atoms with Gasteiger partial charge in [-0.15, -0.1) is 0 Å². The fourth-order valence-corrected chi connectivity index (χ4v) is 1.38. The molecule has 0 aliphatic heterocycles. The summed E-state index contributed by atoms with van der Waals surface area (Å²) in [6.07, 6.45) is 11.0. The third kappa shape index (κ3) is 11.7. The van der Waals surface area contributed by atoms with E-state index in [1.165, 1.54) is 32.1 Å². The first-order chi connectivity index (χ1) is 7.81. The first-order valence-electron chi connectivity index (χ1n) is 6.33. The van der Waals surface area contributed by atoms with Crippen LogP contribution in [0.1, 0.15) is 45.4 Å². The van der Waals surface area contributed by atoms with Crippen molar-refractivity contribution in [1.29, 1.82) is 0 Å². The van der Waals surface area contributed by atoms with Gasteiger partial charge in [-0.05, 0) is 12.8 Å². The molecule has 0 spiro atoms. The lowest BCUT2D eigenvalue weighted by molar-refractivity contribution is 0.0149. The van der Waals surface area contributed by atoms with Crippen molar-refractivity contribution in [1.82, 2.24) is 0 Å². The zero-order valence-corrected chi connectivity index (χ0v) is 10.4. The minimum Gasteiger partial charge on any atom is -0.394 e. The van der Waals surface area contributed by atoms with E-state index in [4.69, 9.17) is 14.9 Å². The second-order valence-electron chi connectivity index (χ2n) is 4.05. The summed E-state index contributed by atoms with van der Waals surface area (Å²) in [5.41, 5.74) is 0. The van der Waals surface area contributed by atoms with Crippen molar-refractivity contribution in [2.75, 3.05) is 19.8 Å². The van der Waals surface area contributed by atoms with Crippen LogP contribution in [0.4, 0.5) is 0 Å². The van der Waals surface area contributed by atoms with Crippen LogP contribution in [-0.2, 0) is 4.74 Å². The molecule has 96 valence electrons. The summed E-state index contributed by atoms with van der Waals surface area (Å²) in [6.45, 7) is 2.71. The summed E-state index contributed by atoms with van der Waals surface area (Å²) in [5, 5.41) is 17.5. The van der Waals surface area contributed by atoms with E-state index in [9.17, 15) is 0 Å².